The van der Waals surface area contributed by atoms with Crippen LogP contribution < -0.4 is 11.1 Å². The molecule has 0 fully saturated rings. The van der Waals surface area contributed by atoms with Crippen molar-refractivity contribution in [2.75, 3.05) is 17.6 Å². The standard InChI is InChI=1S/C11H14N4S/c1-8-15-10(7-16-8)3-4-13-9-2-5-14-11(12)6-9/h2,5-7H,3-4H2,1H3,(H3,12,13,14). The highest BCUT2D eigenvalue weighted by Gasteiger charge is 1.98. The highest BCUT2D eigenvalue weighted by atomic mass is 32.1. The minimum Gasteiger partial charge on any atom is -0.384 e. The second-order valence-electron chi connectivity index (χ2n) is 3.50. The lowest BCUT2D eigenvalue weighted by Crippen LogP contribution is -2.05. The molecule has 0 aliphatic carbocycles. The topological polar surface area (TPSA) is 63.8 Å². The summed E-state index contributed by atoms with van der Waals surface area (Å²) in [6.45, 7) is 2.87. The van der Waals surface area contributed by atoms with Crippen molar-refractivity contribution in [3.63, 3.8) is 0 Å². The fraction of sp³-hybridized carbons (Fsp3) is 0.273. The molecule has 0 saturated carbocycles. The van der Waals surface area contributed by atoms with Crippen LogP contribution in [0.2, 0.25) is 0 Å². The van der Waals surface area contributed by atoms with Crippen LogP contribution in [0.3, 0.4) is 0 Å². The molecule has 0 atom stereocenters. The number of anilines is 2. The Labute approximate surface area is 98.6 Å². The van der Waals surface area contributed by atoms with Crippen molar-refractivity contribution in [1.29, 1.82) is 0 Å². The second-order valence-corrected chi connectivity index (χ2v) is 4.57. The molecule has 0 amide bonds. The van der Waals surface area contributed by atoms with Crippen molar-refractivity contribution in [3.8, 4) is 0 Å². The number of nitrogens with one attached hydrogen (secondary N) is 1. The van der Waals surface area contributed by atoms with Crippen LogP contribution in [0.1, 0.15) is 10.7 Å². The van der Waals surface area contributed by atoms with Crippen molar-refractivity contribution < 1.29 is 0 Å². The normalized spacial score (nSPS) is 10.3. The fourth-order valence-corrected chi connectivity index (χ4v) is 2.06. The van der Waals surface area contributed by atoms with E-state index in [2.05, 4.69) is 20.7 Å². The molecule has 2 rings (SSSR count). The van der Waals surface area contributed by atoms with E-state index >= 15 is 0 Å². The zero-order valence-corrected chi connectivity index (χ0v) is 9.92. The van der Waals surface area contributed by atoms with Gasteiger partial charge in [-0.15, -0.1) is 11.3 Å². The fourth-order valence-electron chi connectivity index (χ4n) is 1.42. The monoisotopic (exact) mass is 234 g/mol. The van der Waals surface area contributed by atoms with Crippen LogP contribution >= 0.6 is 11.3 Å². The molecular weight excluding hydrogens is 220 g/mol. The van der Waals surface area contributed by atoms with Crippen molar-refractivity contribution in [3.05, 3.63) is 34.4 Å². The van der Waals surface area contributed by atoms with Gasteiger partial charge in [-0.2, -0.15) is 0 Å². The van der Waals surface area contributed by atoms with E-state index in [1.165, 1.54) is 0 Å². The van der Waals surface area contributed by atoms with Gasteiger partial charge in [0.1, 0.15) is 5.82 Å². The summed E-state index contributed by atoms with van der Waals surface area (Å²) < 4.78 is 0. The second kappa shape index (κ2) is 4.94. The van der Waals surface area contributed by atoms with Gasteiger partial charge in [0.2, 0.25) is 0 Å². The summed E-state index contributed by atoms with van der Waals surface area (Å²) in [7, 11) is 0. The molecule has 4 nitrogen and oxygen atoms in total. The van der Waals surface area contributed by atoms with Crippen LogP contribution in [-0.2, 0) is 6.42 Å². The zero-order chi connectivity index (χ0) is 11.4. The third-order valence-electron chi connectivity index (χ3n) is 2.16. The predicted octanol–water partition coefficient (Wildman–Crippen LogP) is 2.08. The number of aryl methyl sites for hydroxylation is 1. The molecule has 2 heterocycles. The summed E-state index contributed by atoms with van der Waals surface area (Å²) in [6.07, 6.45) is 2.62. The van der Waals surface area contributed by atoms with Gasteiger partial charge in [0.05, 0.1) is 10.7 Å². The molecule has 0 aromatic carbocycles. The Morgan fingerprint density at radius 3 is 3.06 bits per heavy atom. The molecule has 0 radical (unpaired) electrons. The summed E-state index contributed by atoms with van der Waals surface area (Å²) in [4.78, 5) is 8.34. The van der Waals surface area contributed by atoms with E-state index in [-0.39, 0.29) is 0 Å². The number of pyridine rings is 1. The van der Waals surface area contributed by atoms with Crippen molar-refractivity contribution in [2.45, 2.75) is 13.3 Å². The SMILES string of the molecule is Cc1nc(CCNc2ccnc(N)c2)cs1. The lowest BCUT2D eigenvalue weighted by Gasteiger charge is -2.04. The van der Waals surface area contributed by atoms with Crippen molar-refractivity contribution in [2.24, 2.45) is 0 Å². The average Bonchev–Trinajstić information content (AvgIpc) is 2.64. The van der Waals surface area contributed by atoms with E-state index in [0.717, 1.165) is 29.4 Å². The lowest BCUT2D eigenvalue weighted by molar-refractivity contribution is 0.968. The molecule has 5 heteroatoms. The Bertz CT molecular complexity index is 467. The lowest BCUT2D eigenvalue weighted by atomic mass is 10.3. The molecule has 84 valence electrons. The highest BCUT2D eigenvalue weighted by Crippen LogP contribution is 2.11. The van der Waals surface area contributed by atoms with Gasteiger partial charge < -0.3 is 11.1 Å². The van der Waals surface area contributed by atoms with Gasteiger partial charge in [0.15, 0.2) is 0 Å². The summed E-state index contributed by atoms with van der Waals surface area (Å²) in [5.74, 6) is 0.537. The Morgan fingerprint density at radius 2 is 2.38 bits per heavy atom. The van der Waals surface area contributed by atoms with E-state index < -0.39 is 0 Å². The zero-order valence-electron chi connectivity index (χ0n) is 9.10. The van der Waals surface area contributed by atoms with Crippen LogP contribution in [-0.4, -0.2) is 16.5 Å². The maximum Gasteiger partial charge on any atom is 0.125 e. The Morgan fingerprint density at radius 1 is 1.50 bits per heavy atom. The minimum atomic E-state index is 0.537. The van der Waals surface area contributed by atoms with Crippen LogP contribution in [0, 0.1) is 6.92 Å². The van der Waals surface area contributed by atoms with Gasteiger partial charge in [0, 0.05) is 36.3 Å². The van der Waals surface area contributed by atoms with E-state index in [1.807, 2.05) is 19.1 Å². The molecule has 2 aromatic rings. The molecule has 2 aromatic heterocycles. The summed E-state index contributed by atoms with van der Waals surface area (Å²) in [5, 5.41) is 6.50. The van der Waals surface area contributed by atoms with E-state index in [4.69, 9.17) is 5.73 Å². The Hall–Kier alpha value is -1.62. The van der Waals surface area contributed by atoms with Gasteiger partial charge in [-0.1, -0.05) is 0 Å². The third-order valence-corrected chi connectivity index (χ3v) is 2.98. The molecular formula is C11H14N4S. The molecule has 0 aliphatic rings. The van der Waals surface area contributed by atoms with Gasteiger partial charge in [0.25, 0.3) is 0 Å². The van der Waals surface area contributed by atoms with Gasteiger partial charge in [-0.05, 0) is 13.0 Å². The maximum atomic E-state index is 5.58. The van der Waals surface area contributed by atoms with E-state index in [9.17, 15) is 0 Å². The van der Waals surface area contributed by atoms with E-state index in [0.29, 0.717) is 5.82 Å². The van der Waals surface area contributed by atoms with Crippen LogP contribution in [0.15, 0.2) is 23.7 Å². The first kappa shape index (κ1) is 10.9. The molecule has 0 unspecified atom stereocenters. The molecule has 0 aliphatic heterocycles. The minimum absolute atomic E-state index is 0.537. The first-order valence-electron chi connectivity index (χ1n) is 5.10. The van der Waals surface area contributed by atoms with Gasteiger partial charge in [-0.25, -0.2) is 9.97 Å². The number of hydrogen-bond donors (Lipinski definition) is 2. The van der Waals surface area contributed by atoms with E-state index in [1.54, 1.807) is 17.5 Å². The first-order chi connectivity index (χ1) is 7.74. The average molecular weight is 234 g/mol. The predicted molar refractivity (Wildman–Crippen MR) is 67.7 cm³/mol. The molecule has 0 bridgehead atoms. The Kier molecular flexibility index (Phi) is 3.36. The first-order valence-corrected chi connectivity index (χ1v) is 5.98. The largest absolute Gasteiger partial charge is 0.384 e. The van der Waals surface area contributed by atoms with Crippen molar-refractivity contribution in [1.82, 2.24) is 9.97 Å². The number of rotatable bonds is 4. The molecule has 16 heavy (non-hydrogen) atoms. The van der Waals surface area contributed by atoms with Crippen molar-refractivity contribution >= 4 is 22.8 Å². The number of nitrogens with zero attached hydrogens (tertiary/aromatic N) is 2. The van der Waals surface area contributed by atoms with Crippen LogP contribution in [0.5, 0.6) is 0 Å². The molecule has 0 saturated heterocycles. The summed E-state index contributed by atoms with van der Waals surface area (Å²) in [6, 6.07) is 3.73. The number of nitrogen functional groups attached to an aromatic ring is 1. The number of nitrogens with two attached hydrogens (primary N) is 1. The number of hydrogen-bond acceptors (Lipinski definition) is 5. The Balaban J connectivity index is 1.84. The number of aromatic nitrogens is 2. The summed E-state index contributed by atoms with van der Waals surface area (Å²) in [5.41, 5.74) is 7.72. The third kappa shape index (κ3) is 2.93. The highest BCUT2D eigenvalue weighted by molar-refractivity contribution is 7.09. The maximum absolute atomic E-state index is 5.58. The quantitative estimate of drug-likeness (QED) is 0.850. The number of thiazole rings is 1. The summed E-state index contributed by atoms with van der Waals surface area (Å²) >= 11 is 1.68. The molecule has 3 N–H and O–H groups in total. The van der Waals surface area contributed by atoms with Crippen LogP contribution in [0.25, 0.3) is 0 Å². The van der Waals surface area contributed by atoms with Crippen LogP contribution in [0.4, 0.5) is 11.5 Å². The van der Waals surface area contributed by atoms with Gasteiger partial charge in [-0.3, -0.25) is 0 Å². The van der Waals surface area contributed by atoms with Gasteiger partial charge >= 0.3 is 0 Å². The smallest absolute Gasteiger partial charge is 0.125 e. The molecule has 0 spiro atoms.